The summed E-state index contributed by atoms with van der Waals surface area (Å²) in [5.41, 5.74) is -0.402. The van der Waals surface area contributed by atoms with Crippen LogP contribution in [0.25, 0.3) is 0 Å². The van der Waals surface area contributed by atoms with Crippen LogP contribution in [0.5, 0.6) is 0 Å². The lowest BCUT2D eigenvalue weighted by Crippen LogP contribution is -2.44. The van der Waals surface area contributed by atoms with E-state index >= 15 is 0 Å². The maximum absolute atomic E-state index is 9.18. The number of likely N-dealkylation sites (N-methyl/N-ethyl adjacent to an activating group) is 1. The van der Waals surface area contributed by atoms with Gasteiger partial charge in [0.15, 0.2) is 0 Å². The molecule has 3 heteroatoms. The Bertz CT molecular complexity index is 228. The maximum Gasteiger partial charge on any atom is 0.0683 e. The fraction of sp³-hybridized carbons (Fsp3) is 0.917. The Morgan fingerprint density at radius 2 is 1.80 bits per heavy atom. The van der Waals surface area contributed by atoms with E-state index in [1.165, 1.54) is 0 Å². The average Bonchev–Trinajstić information content (AvgIpc) is 2.17. The number of hydrogen-bond donors (Lipinski definition) is 1. The Morgan fingerprint density at radius 3 is 2.20 bits per heavy atom. The maximum atomic E-state index is 9.18. The van der Waals surface area contributed by atoms with Crippen LogP contribution in [0.1, 0.15) is 40.5 Å². The van der Waals surface area contributed by atoms with Crippen molar-refractivity contribution in [3.63, 3.8) is 0 Å². The molecule has 0 radical (unpaired) electrons. The number of hydrogen-bond acceptors (Lipinski definition) is 3. The standard InChI is InChI=1S/C12H24N2O/c1-11(2,9-13)7-6-8-14(5)12(3,4)10-15/h15H,6-8,10H2,1-5H3. The molecule has 0 aromatic rings. The molecule has 0 rings (SSSR count). The van der Waals surface area contributed by atoms with Gasteiger partial charge in [-0.25, -0.2) is 0 Å². The molecule has 0 heterocycles. The van der Waals surface area contributed by atoms with Gasteiger partial charge in [-0.3, -0.25) is 4.90 Å². The molecule has 0 aliphatic carbocycles. The van der Waals surface area contributed by atoms with E-state index in [1.807, 2.05) is 34.7 Å². The van der Waals surface area contributed by atoms with Crippen LogP contribution in [0.3, 0.4) is 0 Å². The molecule has 0 spiro atoms. The highest BCUT2D eigenvalue weighted by molar-refractivity contribution is 4.91. The van der Waals surface area contributed by atoms with Crippen molar-refractivity contribution in [1.29, 1.82) is 5.26 Å². The average molecular weight is 212 g/mol. The van der Waals surface area contributed by atoms with Gasteiger partial charge in [0.05, 0.1) is 18.1 Å². The highest BCUT2D eigenvalue weighted by atomic mass is 16.3. The van der Waals surface area contributed by atoms with Crippen molar-refractivity contribution < 1.29 is 5.11 Å². The van der Waals surface area contributed by atoms with Crippen LogP contribution in [-0.2, 0) is 0 Å². The summed E-state index contributed by atoms with van der Waals surface area (Å²) in [6.07, 6.45) is 1.88. The van der Waals surface area contributed by atoms with Crippen molar-refractivity contribution in [2.24, 2.45) is 5.41 Å². The summed E-state index contributed by atoms with van der Waals surface area (Å²) < 4.78 is 0. The summed E-state index contributed by atoms with van der Waals surface area (Å²) in [6.45, 7) is 9.03. The first-order valence-corrected chi connectivity index (χ1v) is 5.48. The fourth-order valence-electron chi connectivity index (χ4n) is 1.24. The van der Waals surface area contributed by atoms with Gasteiger partial charge in [0, 0.05) is 5.54 Å². The number of aliphatic hydroxyl groups is 1. The minimum absolute atomic E-state index is 0.158. The van der Waals surface area contributed by atoms with Crippen molar-refractivity contribution in [2.75, 3.05) is 20.2 Å². The molecular formula is C12H24N2O. The topological polar surface area (TPSA) is 47.3 Å². The Kier molecular flexibility index (Phi) is 5.27. The predicted molar refractivity (Wildman–Crippen MR) is 62.4 cm³/mol. The zero-order chi connectivity index (χ0) is 12.1. The Morgan fingerprint density at radius 1 is 1.27 bits per heavy atom. The number of nitriles is 1. The summed E-state index contributed by atoms with van der Waals surface area (Å²) >= 11 is 0. The smallest absolute Gasteiger partial charge is 0.0683 e. The molecule has 88 valence electrons. The van der Waals surface area contributed by atoms with E-state index in [0.717, 1.165) is 19.4 Å². The highest BCUT2D eigenvalue weighted by Crippen LogP contribution is 2.21. The minimum atomic E-state index is -0.232. The first kappa shape index (κ1) is 14.4. The Labute approximate surface area is 93.7 Å². The molecule has 0 bridgehead atoms. The largest absolute Gasteiger partial charge is 0.394 e. The molecule has 0 unspecified atom stereocenters. The summed E-state index contributed by atoms with van der Waals surface area (Å²) in [5.74, 6) is 0. The van der Waals surface area contributed by atoms with Crippen LogP contribution in [-0.4, -0.2) is 35.7 Å². The second-order valence-electron chi connectivity index (χ2n) is 5.49. The van der Waals surface area contributed by atoms with Gasteiger partial charge in [-0.05, 0) is 54.1 Å². The van der Waals surface area contributed by atoms with Crippen LogP contribution in [0, 0.1) is 16.7 Å². The van der Waals surface area contributed by atoms with E-state index in [0.29, 0.717) is 0 Å². The molecule has 0 fully saturated rings. The third-order valence-corrected chi connectivity index (χ3v) is 3.02. The molecule has 0 aliphatic heterocycles. The SMILES string of the molecule is CN(CCCC(C)(C)C#N)C(C)(C)CO. The second kappa shape index (κ2) is 5.48. The number of aliphatic hydroxyl groups excluding tert-OH is 1. The zero-order valence-corrected chi connectivity index (χ0v) is 10.7. The lowest BCUT2D eigenvalue weighted by Gasteiger charge is -2.34. The van der Waals surface area contributed by atoms with Crippen LogP contribution in [0.15, 0.2) is 0 Å². The molecule has 0 aliphatic rings. The summed E-state index contributed by atoms with van der Waals surface area (Å²) in [4.78, 5) is 2.14. The third-order valence-electron chi connectivity index (χ3n) is 3.02. The van der Waals surface area contributed by atoms with Gasteiger partial charge in [-0.2, -0.15) is 5.26 Å². The van der Waals surface area contributed by atoms with E-state index < -0.39 is 0 Å². The van der Waals surface area contributed by atoms with Crippen LogP contribution < -0.4 is 0 Å². The van der Waals surface area contributed by atoms with Gasteiger partial charge >= 0.3 is 0 Å². The van der Waals surface area contributed by atoms with E-state index in [4.69, 9.17) is 5.26 Å². The van der Waals surface area contributed by atoms with Crippen molar-refractivity contribution in [2.45, 2.75) is 46.1 Å². The van der Waals surface area contributed by atoms with Crippen molar-refractivity contribution in [3.8, 4) is 6.07 Å². The first-order valence-electron chi connectivity index (χ1n) is 5.48. The Hall–Kier alpha value is -0.590. The van der Waals surface area contributed by atoms with Crippen molar-refractivity contribution in [3.05, 3.63) is 0 Å². The molecule has 0 aromatic carbocycles. The molecule has 0 amide bonds. The third kappa shape index (κ3) is 5.15. The molecule has 0 atom stereocenters. The van der Waals surface area contributed by atoms with Gasteiger partial charge < -0.3 is 5.11 Å². The normalized spacial score (nSPS) is 12.9. The lowest BCUT2D eigenvalue weighted by atomic mass is 9.89. The Balaban J connectivity index is 3.94. The van der Waals surface area contributed by atoms with Crippen molar-refractivity contribution in [1.82, 2.24) is 4.90 Å². The van der Waals surface area contributed by atoms with Gasteiger partial charge in [0.1, 0.15) is 0 Å². The number of nitrogens with zero attached hydrogens (tertiary/aromatic N) is 2. The molecule has 0 aromatic heterocycles. The van der Waals surface area contributed by atoms with Crippen molar-refractivity contribution >= 4 is 0 Å². The van der Waals surface area contributed by atoms with Crippen LogP contribution in [0.4, 0.5) is 0 Å². The van der Waals surface area contributed by atoms with E-state index in [1.54, 1.807) is 0 Å². The predicted octanol–water partition coefficient (Wildman–Crippen LogP) is 2.02. The first-order chi connectivity index (χ1) is 6.75. The van der Waals surface area contributed by atoms with Crippen LogP contribution in [0.2, 0.25) is 0 Å². The molecule has 1 N–H and O–H groups in total. The van der Waals surface area contributed by atoms with Gasteiger partial charge in [0.2, 0.25) is 0 Å². The quantitative estimate of drug-likeness (QED) is 0.732. The second-order valence-corrected chi connectivity index (χ2v) is 5.49. The number of rotatable bonds is 6. The molecule has 3 nitrogen and oxygen atoms in total. The van der Waals surface area contributed by atoms with E-state index in [-0.39, 0.29) is 17.6 Å². The van der Waals surface area contributed by atoms with Crippen LogP contribution >= 0.6 is 0 Å². The highest BCUT2D eigenvalue weighted by Gasteiger charge is 2.23. The summed E-state index contributed by atoms with van der Waals surface area (Å²) in [7, 11) is 2.01. The fourth-order valence-corrected chi connectivity index (χ4v) is 1.24. The van der Waals surface area contributed by atoms with Gasteiger partial charge in [-0.15, -0.1) is 0 Å². The molecular weight excluding hydrogens is 188 g/mol. The van der Waals surface area contributed by atoms with Gasteiger partial charge in [-0.1, -0.05) is 0 Å². The summed E-state index contributed by atoms with van der Waals surface area (Å²) in [6, 6.07) is 2.30. The summed E-state index contributed by atoms with van der Waals surface area (Å²) in [5, 5.41) is 18.0. The minimum Gasteiger partial charge on any atom is -0.394 e. The zero-order valence-electron chi connectivity index (χ0n) is 10.7. The monoisotopic (exact) mass is 212 g/mol. The molecule has 0 saturated carbocycles. The molecule has 0 saturated heterocycles. The van der Waals surface area contributed by atoms with E-state index in [2.05, 4.69) is 11.0 Å². The molecule has 15 heavy (non-hydrogen) atoms. The van der Waals surface area contributed by atoms with Gasteiger partial charge in [0.25, 0.3) is 0 Å². The van der Waals surface area contributed by atoms with E-state index in [9.17, 15) is 5.11 Å². The lowest BCUT2D eigenvalue weighted by molar-refractivity contribution is 0.0762.